The molecule has 1 fully saturated rings. The number of hydrogen-bond acceptors (Lipinski definition) is 4. The van der Waals surface area contributed by atoms with Crippen molar-refractivity contribution in [3.63, 3.8) is 0 Å². The smallest absolute Gasteiger partial charge is 0.321 e. The number of esters is 1. The number of sulfonamides is 1. The van der Waals surface area contributed by atoms with Crippen molar-refractivity contribution in [2.75, 3.05) is 20.2 Å². The zero-order valence-corrected chi connectivity index (χ0v) is 11.3. The Morgan fingerprint density at radius 3 is 2.41 bits per heavy atom. The Balaban J connectivity index is 2.59. The second-order valence-electron chi connectivity index (χ2n) is 4.37. The average Bonchev–Trinajstić information content (AvgIpc) is 2.30. The lowest BCUT2D eigenvalue weighted by atomic mass is 10.0. The quantitative estimate of drug-likeness (QED) is 0.698. The summed E-state index contributed by atoms with van der Waals surface area (Å²) in [5, 5.41) is -0.323. The van der Waals surface area contributed by atoms with Crippen LogP contribution in [0.4, 0.5) is 0 Å². The molecule has 0 atom stereocenters. The molecule has 0 N–H and O–H groups in total. The van der Waals surface area contributed by atoms with Gasteiger partial charge in [0.25, 0.3) is 0 Å². The van der Waals surface area contributed by atoms with Crippen LogP contribution in [0.5, 0.6) is 0 Å². The van der Waals surface area contributed by atoms with Crippen molar-refractivity contribution in [2.24, 2.45) is 0 Å². The summed E-state index contributed by atoms with van der Waals surface area (Å²) in [5.41, 5.74) is 0. The first-order valence-electron chi connectivity index (χ1n) is 6.09. The zero-order chi connectivity index (χ0) is 12.9. The molecule has 0 heterocycles. The van der Waals surface area contributed by atoms with Crippen LogP contribution in [-0.4, -0.2) is 44.1 Å². The van der Waals surface area contributed by atoms with Crippen molar-refractivity contribution in [1.29, 1.82) is 0 Å². The SMILES string of the molecule is CCOC(=O)CN(C)S(=O)(=O)C1CCCCC1. The van der Waals surface area contributed by atoms with Crippen molar-refractivity contribution in [2.45, 2.75) is 44.3 Å². The van der Waals surface area contributed by atoms with Crippen LogP contribution < -0.4 is 0 Å². The lowest BCUT2D eigenvalue weighted by molar-refractivity contribution is -0.143. The van der Waals surface area contributed by atoms with Gasteiger partial charge in [0, 0.05) is 7.05 Å². The third kappa shape index (κ3) is 3.96. The maximum atomic E-state index is 12.1. The van der Waals surface area contributed by atoms with Crippen molar-refractivity contribution in [3.8, 4) is 0 Å². The largest absolute Gasteiger partial charge is 0.465 e. The molecule has 0 aromatic rings. The fraction of sp³-hybridized carbons (Fsp3) is 0.909. The van der Waals surface area contributed by atoms with E-state index in [0.29, 0.717) is 12.8 Å². The van der Waals surface area contributed by atoms with Gasteiger partial charge in [0.05, 0.1) is 11.9 Å². The highest BCUT2D eigenvalue weighted by Gasteiger charge is 2.31. The van der Waals surface area contributed by atoms with Crippen molar-refractivity contribution >= 4 is 16.0 Å². The molecular weight excluding hydrogens is 242 g/mol. The van der Waals surface area contributed by atoms with E-state index < -0.39 is 16.0 Å². The second kappa shape index (κ2) is 6.35. The van der Waals surface area contributed by atoms with Crippen molar-refractivity contribution in [3.05, 3.63) is 0 Å². The molecule has 1 saturated carbocycles. The Hall–Kier alpha value is -0.620. The number of nitrogens with zero attached hydrogens (tertiary/aromatic N) is 1. The van der Waals surface area contributed by atoms with Gasteiger partial charge in [-0.15, -0.1) is 0 Å². The van der Waals surface area contributed by atoms with Gasteiger partial charge in [0.1, 0.15) is 6.54 Å². The molecular formula is C11H21NO4S. The van der Waals surface area contributed by atoms with E-state index in [9.17, 15) is 13.2 Å². The standard InChI is InChI=1S/C11H21NO4S/c1-3-16-11(13)9-12(2)17(14,15)10-7-5-4-6-8-10/h10H,3-9H2,1-2H3. The maximum Gasteiger partial charge on any atom is 0.321 e. The summed E-state index contributed by atoms with van der Waals surface area (Å²) in [6.07, 6.45) is 4.42. The first-order chi connectivity index (χ1) is 7.98. The molecule has 1 rings (SSSR count). The Morgan fingerprint density at radius 2 is 1.88 bits per heavy atom. The summed E-state index contributed by atoms with van der Waals surface area (Å²) in [4.78, 5) is 11.3. The molecule has 0 aliphatic heterocycles. The predicted octanol–water partition coefficient (Wildman–Crippen LogP) is 1.14. The number of ether oxygens (including phenoxy) is 1. The Kier molecular flexibility index (Phi) is 5.39. The first kappa shape index (κ1) is 14.4. The monoisotopic (exact) mass is 263 g/mol. The van der Waals surface area contributed by atoms with E-state index in [2.05, 4.69) is 0 Å². The van der Waals surface area contributed by atoms with Gasteiger partial charge in [0.2, 0.25) is 10.0 Å². The van der Waals surface area contributed by atoms with Crippen LogP contribution in [-0.2, 0) is 19.6 Å². The molecule has 1 aliphatic rings. The molecule has 0 unspecified atom stereocenters. The average molecular weight is 263 g/mol. The lowest BCUT2D eigenvalue weighted by Gasteiger charge is -2.26. The minimum absolute atomic E-state index is 0.188. The highest BCUT2D eigenvalue weighted by atomic mass is 32.2. The fourth-order valence-electron chi connectivity index (χ4n) is 2.10. The van der Waals surface area contributed by atoms with Crippen LogP contribution in [0, 0.1) is 0 Å². The number of likely N-dealkylation sites (N-methyl/N-ethyl adjacent to an activating group) is 1. The van der Waals surface area contributed by atoms with Gasteiger partial charge in [-0.3, -0.25) is 4.79 Å². The lowest BCUT2D eigenvalue weighted by Crippen LogP contribution is -2.40. The van der Waals surface area contributed by atoms with Gasteiger partial charge < -0.3 is 4.74 Å². The van der Waals surface area contributed by atoms with Gasteiger partial charge in [-0.1, -0.05) is 19.3 Å². The van der Waals surface area contributed by atoms with Crippen LogP contribution in [0.1, 0.15) is 39.0 Å². The Bertz CT molecular complexity index is 346. The fourth-order valence-corrected chi connectivity index (χ4v) is 3.82. The predicted molar refractivity (Wildman–Crippen MR) is 65.1 cm³/mol. The molecule has 6 heteroatoms. The summed E-state index contributed by atoms with van der Waals surface area (Å²) in [7, 11) is -1.90. The summed E-state index contributed by atoms with van der Waals surface area (Å²) < 4.78 is 30.2. The molecule has 1 aliphatic carbocycles. The number of carbonyl (C=O) groups excluding carboxylic acids is 1. The minimum atomic E-state index is -3.34. The van der Waals surface area contributed by atoms with Gasteiger partial charge in [0.15, 0.2) is 0 Å². The summed E-state index contributed by atoms with van der Waals surface area (Å²) >= 11 is 0. The van der Waals surface area contributed by atoms with E-state index in [1.807, 2.05) is 0 Å². The molecule has 0 saturated heterocycles. The highest BCUT2D eigenvalue weighted by molar-refractivity contribution is 7.89. The van der Waals surface area contributed by atoms with Crippen molar-refractivity contribution in [1.82, 2.24) is 4.31 Å². The molecule has 0 radical (unpaired) electrons. The zero-order valence-electron chi connectivity index (χ0n) is 10.5. The number of carbonyl (C=O) groups is 1. The van der Waals surface area contributed by atoms with E-state index in [4.69, 9.17) is 4.74 Å². The van der Waals surface area contributed by atoms with Gasteiger partial charge in [-0.25, -0.2) is 8.42 Å². The Morgan fingerprint density at radius 1 is 1.29 bits per heavy atom. The molecule has 0 aromatic heterocycles. The van der Waals surface area contributed by atoms with Crippen LogP contribution in [0.15, 0.2) is 0 Å². The van der Waals surface area contributed by atoms with Crippen LogP contribution in [0.25, 0.3) is 0 Å². The first-order valence-corrected chi connectivity index (χ1v) is 7.59. The summed E-state index contributed by atoms with van der Waals surface area (Å²) in [5.74, 6) is -0.491. The van der Waals surface area contributed by atoms with E-state index in [1.54, 1.807) is 6.92 Å². The van der Waals surface area contributed by atoms with Gasteiger partial charge >= 0.3 is 5.97 Å². The molecule has 0 bridgehead atoms. The van der Waals surface area contributed by atoms with Crippen LogP contribution >= 0.6 is 0 Å². The number of hydrogen-bond donors (Lipinski definition) is 0. The Labute approximate surface area is 103 Å². The minimum Gasteiger partial charge on any atom is -0.465 e. The van der Waals surface area contributed by atoms with Crippen molar-refractivity contribution < 1.29 is 17.9 Å². The maximum absolute atomic E-state index is 12.1. The normalized spacial score (nSPS) is 18.3. The topological polar surface area (TPSA) is 63.7 Å². The third-order valence-corrected chi connectivity index (χ3v) is 5.38. The third-order valence-electron chi connectivity index (χ3n) is 3.06. The summed E-state index contributed by atoms with van der Waals surface area (Å²) in [6.45, 7) is 1.79. The van der Waals surface area contributed by atoms with Gasteiger partial charge in [-0.05, 0) is 19.8 Å². The molecule has 5 nitrogen and oxygen atoms in total. The second-order valence-corrected chi connectivity index (χ2v) is 6.69. The van der Waals surface area contributed by atoms with E-state index in [0.717, 1.165) is 23.6 Å². The molecule has 17 heavy (non-hydrogen) atoms. The molecule has 0 aromatic carbocycles. The van der Waals surface area contributed by atoms with E-state index in [-0.39, 0.29) is 18.4 Å². The van der Waals surface area contributed by atoms with Crippen LogP contribution in [0.3, 0.4) is 0 Å². The van der Waals surface area contributed by atoms with Crippen LogP contribution in [0.2, 0.25) is 0 Å². The van der Waals surface area contributed by atoms with Gasteiger partial charge in [-0.2, -0.15) is 4.31 Å². The molecule has 0 spiro atoms. The highest BCUT2D eigenvalue weighted by Crippen LogP contribution is 2.25. The number of rotatable bonds is 5. The summed E-state index contributed by atoms with van der Waals surface area (Å²) in [6, 6.07) is 0. The van der Waals surface area contributed by atoms with E-state index in [1.165, 1.54) is 7.05 Å². The molecule has 0 amide bonds. The van der Waals surface area contributed by atoms with E-state index >= 15 is 0 Å². The molecule has 100 valence electrons.